The molecule has 1 heterocycles. The molecular weight excluding hydrogens is 454 g/mol. The van der Waals surface area contributed by atoms with Crippen LogP contribution in [0.15, 0.2) is 54.6 Å². The molecule has 194 valence electrons. The number of aliphatic hydroxyl groups is 1. The predicted octanol–water partition coefficient (Wildman–Crippen LogP) is 5.38. The van der Waals surface area contributed by atoms with Crippen LogP contribution < -0.4 is 9.47 Å². The van der Waals surface area contributed by atoms with Crippen LogP contribution in [0, 0.1) is 0 Å². The number of aryl methyl sites for hydroxylation is 1. The summed E-state index contributed by atoms with van der Waals surface area (Å²) in [4.78, 5) is 2.35. The van der Waals surface area contributed by atoms with Crippen LogP contribution in [0.25, 0.3) is 5.69 Å². The quantitative estimate of drug-likeness (QED) is 0.366. The van der Waals surface area contributed by atoms with Gasteiger partial charge in [0, 0.05) is 19.1 Å². The molecule has 0 spiro atoms. The van der Waals surface area contributed by atoms with Crippen LogP contribution >= 0.6 is 0 Å². The van der Waals surface area contributed by atoms with E-state index in [-0.39, 0.29) is 5.60 Å². The van der Waals surface area contributed by atoms with Crippen molar-refractivity contribution in [1.82, 2.24) is 14.7 Å². The molecule has 1 fully saturated rings. The number of para-hydroxylation sites is 1. The highest BCUT2D eigenvalue weighted by molar-refractivity contribution is 5.44. The number of methoxy groups -OCH3 is 1. The molecule has 2 aromatic carbocycles. The highest BCUT2D eigenvalue weighted by Gasteiger charge is 2.33. The lowest BCUT2D eigenvalue weighted by atomic mass is 10.1. The van der Waals surface area contributed by atoms with E-state index in [0.717, 1.165) is 42.0 Å². The minimum Gasteiger partial charge on any atom is -0.497 e. The van der Waals surface area contributed by atoms with Gasteiger partial charge in [-0.15, -0.1) is 0 Å². The van der Waals surface area contributed by atoms with Gasteiger partial charge in [0.15, 0.2) is 0 Å². The van der Waals surface area contributed by atoms with Crippen LogP contribution in [-0.2, 0) is 17.7 Å². The zero-order valence-corrected chi connectivity index (χ0v) is 22.1. The van der Waals surface area contributed by atoms with Crippen molar-refractivity contribution < 1.29 is 19.3 Å². The molecule has 0 aliphatic heterocycles. The maximum atomic E-state index is 10.8. The molecular formula is C29H39N3O4. The number of nitrogens with zero attached hydrogens (tertiary/aromatic N) is 3. The molecule has 1 unspecified atom stereocenters. The zero-order chi connectivity index (χ0) is 25.7. The lowest BCUT2D eigenvalue weighted by molar-refractivity contribution is -0.0573. The third kappa shape index (κ3) is 6.87. The van der Waals surface area contributed by atoms with Crippen molar-refractivity contribution in [3.8, 4) is 23.1 Å². The summed E-state index contributed by atoms with van der Waals surface area (Å²) in [6.07, 6.45) is 2.48. The number of rotatable bonds is 12. The standard InChI is InChI=1S/C29H39N3O4/c1-6-27-26(19-31(21-12-13-21)18-23(33)20-35-29(2,3)4)28(32(30-27)22-10-8-7-9-11-22)36-25-16-14-24(34-5)15-17-25/h7-11,14-17,21,23,33H,6,12-13,18-20H2,1-5H3. The second kappa shape index (κ2) is 11.5. The van der Waals surface area contributed by atoms with Gasteiger partial charge in [-0.3, -0.25) is 4.90 Å². The van der Waals surface area contributed by atoms with E-state index < -0.39 is 6.10 Å². The van der Waals surface area contributed by atoms with Crippen molar-refractivity contribution in [1.29, 1.82) is 0 Å². The van der Waals surface area contributed by atoms with Gasteiger partial charge in [0.25, 0.3) is 0 Å². The lowest BCUT2D eigenvalue weighted by Crippen LogP contribution is -2.38. The molecule has 0 amide bonds. The van der Waals surface area contributed by atoms with Crippen LogP contribution in [0.4, 0.5) is 0 Å². The Bertz CT molecular complexity index is 1100. The van der Waals surface area contributed by atoms with Crippen molar-refractivity contribution in [2.24, 2.45) is 0 Å². The third-order valence-electron chi connectivity index (χ3n) is 6.21. The van der Waals surface area contributed by atoms with Crippen LogP contribution in [-0.4, -0.2) is 57.8 Å². The van der Waals surface area contributed by atoms with E-state index in [0.29, 0.717) is 37.4 Å². The van der Waals surface area contributed by atoms with Gasteiger partial charge in [-0.25, -0.2) is 4.68 Å². The van der Waals surface area contributed by atoms with Gasteiger partial charge in [0.05, 0.1) is 42.4 Å². The first-order valence-electron chi connectivity index (χ1n) is 12.8. The average molecular weight is 494 g/mol. The number of hydrogen-bond donors (Lipinski definition) is 1. The Morgan fingerprint density at radius 3 is 2.31 bits per heavy atom. The second-order valence-electron chi connectivity index (χ2n) is 10.3. The molecule has 36 heavy (non-hydrogen) atoms. The van der Waals surface area contributed by atoms with E-state index in [1.54, 1.807) is 7.11 Å². The van der Waals surface area contributed by atoms with E-state index >= 15 is 0 Å². The van der Waals surface area contributed by atoms with E-state index in [2.05, 4.69) is 11.8 Å². The van der Waals surface area contributed by atoms with Crippen molar-refractivity contribution in [3.63, 3.8) is 0 Å². The molecule has 1 saturated carbocycles. The molecule has 3 aromatic rings. The first-order valence-corrected chi connectivity index (χ1v) is 12.8. The summed E-state index contributed by atoms with van der Waals surface area (Å²) >= 11 is 0. The summed E-state index contributed by atoms with van der Waals surface area (Å²) < 4.78 is 19.5. The topological polar surface area (TPSA) is 69.0 Å². The number of aromatic nitrogens is 2. The summed E-state index contributed by atoms with van der Waals surface area (Å²) in [7, 11) is 1.65. The molecule has 4 rings (SSSR count). The molecule has 1 atom stereocenters. The minimum absolute atomic E-state index is 0.281. The molecule has 1 aliphatic rings. The van der Waals surface area contributed by atoms with Gasteiger partial charge in [0.1, 0.15) is 11.5 Å². The van der Waals surface area contributed by atoms with Crippen LogP contribution in [0.1, 0.15) is 51.8 Å². The summed E-state index contributed by atoms with van der Waals surface area (Å²) in [6.45, 7) is 9.64. The molecule has 0 radical (unpaired) electrons. The Morgan fingerprint density at radius 1 is 1.06 bits per heavy atom. The summed E-state index contributed by atoms with van der Waals surface area (Å²) in [5.74, 6) is 2.20. The summed E-state index contributed by atoms with van der Waals surface area (Å²) in [5, 5.41) is 15.7. The van der Waals surface area contributed by atoms with Gasteiger partial charge < -0.3 is 19.3 Å². The first kappa shape index (κ1) is 26.2. The Balaban J connectivity index is 1.65. The minimum atomic E-state index is -0.565. The third-order valence-corrected chi connectivity index (χ3v) is 6.21. The lowest BCUT2D eigenvalue weighted by Gasteiger charge is -2.27. The van der Waals surface area contributed by atoms with Gasteiger partial charge >= 0.3 is 0 Å². The first-order chi connectivity index (χ1) is 17.3. The fraction of sp³-hybridized carbons (Fsp3) is 0.483. The SMILES string of the molecule is CCc1nn(-c2ccccc2)c(Oc2ccc(OC)cc2)c1CN(CC(O)COC(C)(C)C)C1CC1. The van der Waals surface area contributed by atoms with Crippen LogP contribution in [0.2, 0.25) is 0 Å². The molecule has 1 aliphatic carbocycles. The van der Waals surface area contributed by atoms with Crippen molar-refractivity contribution in [3.05, 3.63) is 65.9 Å². The molecule has 0 saturated heterocycles. The zero-order valence-electron chi connectivity index (χ0n) is 22.1. The Kier molecular flexibility index (Phi) is 8.34. The van der Waals surface area contributed by atoms with E-state index in [1.165, 1.54) is 0 Å². The fourth-order valence-corrected chi connectivity index (χ4v) is 4.18. The molecule has 1 N–H and O–H groups in total. The number of aliphatic hydroxyl groups excluding tert-OH is 1. The van der Waals surface area contributed by atoms with Crippen LogP contribution in [0.5, 0.6) is 17.4 Å². The van der Waals surface area contributed by atoms with E-state index in [1.807, 2.05) is 80.1 Å². The molecule has 0 bridgehead atoms. The summed E-state index contributed by atoms with van der Waals surface area (Å²) in [6, 6.07) is 18.1. The number of ether oxygens (including phenoxy) is 3. The monoisotopic (exact) mass is 493 g/mol. The van der Waals surface area contributed by atoms with Crippen molar-refractivity contribution in [2.75, 3.05) is 20.3 Å². The normalized spacial score (nSPS) is 14.8. The molecule has 7 nitrogen and oxygen atoms in total. The van der Waals surface area contributed by atoms with Gasteiger partial charge in [-0.2, -0.15) is 5.10 Å². The van der Waals surface area contributed by atoms with Crippen molar-refractivity contribution in [2.45, 2.75) is 71.2 Å². The second-order valence-corrected chi connectivity index (χ2v) is 10.3. The van der Waals surface area contributed by atoms with E-state index in [9.17, 15) is 5.11 Å². The number of benzene rings is 2. The molecule has 1 aromatic heterocycles. The average Bonchev–Trinajstić information content (AvgIpc) is 3.66. The van der Waals surface area contributed by atoms with Crippen molar-refractivity contribution >= 4 is 0 Å². The summed E-state index contributed by atoms with van der Waals surface area (Å²) in [5.41, 5.74) is 2.71. The van der Waals surface area contributed by atoms with E-state index in [4.69, 9.17) is 19.3 Å². The molecule has 7 heteroatoms. The predicted molar refractivity (Wildman–Crippen MR) is 141 cm³/mol. The number of hydrogen-bond acceptors (Lipinski definition) is 6. The Morgan fingerprint density at radius 2 is 1.72 bits per heavy atom. The van der Waals surface area contributed by atoms with Crippen LogP contribution in [0.3, 0.4) is 0 Å². The fourth-order valence-electron chi connectivity index (χ4n) is 4.18. The smallest absolute Gasteiger partial charge is 0.227 e. The largest absolute Gasteiger partial charge is 0.497 e. The highest BCUT2D eigenvalue weighted by atomic mass is 16.5. The van der Waals surface area contributed by atoms with Gasteiger partial charge in [-0.05, 0) is 76.4 Å². The highest BCUT2D eigenvalue weighted by Crippen LogP contribution is 2.36. The maximum absolute atomic E-state index is 10.8. The Hall–Kier alpha value is -2.87. The van der Waals surface area contributed by atoms with Gasteiger partial charge in [0.2, 0.25) is 5.88 Å². The van der Waals surface area contributed by atoms with Gasteiger partial charge in [-0.1, -0.05) is 25.1 Å². The Labute approximate surface area is 214 Å². The maximum Gasteiger partial charge on any atom is 0.227 e.